The van der Waals surface area contributed by atoms with Crippen LogP contribution in [0.3, 0.4) is 0 Å². The van der Waals surface area contributed by atoms with Crippen LogP contribution in [0.15, 0.2) is 96.8 Å². The number of hydrogen-bond donors (Lipinski definition) is 4. The fourth-order valence-electron chi connectivity index (χ4n) is 4.62. The maximum Gasteiger partial charge on any atom is 0.331 e. The Morgan fingerprint density at radius 3 is 2.00 bits per heavy atom. The van der Waals surface area contributed by atoms with Crippen molar-refractivity contribution in [1.82, 2.24) is 9.97 Å². The highest BCUT2D eigenvalue weighted by atomic mass is 16.4. The van der Waals surface area contributed by atoms with Gasteiger partial charge in [-0.05, 0) is 48.2 Å². The van der Waals surface area contributed by atoms with E-state index in [4.69, 9.17) is 5.11 Å². The monoisotopic (exact) mass is 463 g/mol. The summed E-state index contributed by atoms with van der Waals surface area (Å²) in [6.45, 7) is 1.40. The average molecular weight is 464 g/mol. The molecule has 0 spiro atoms. The molecular formula is C29H25N3O3. The second kappa shape index (κ2) is 9.35. The minimum atomic E-state index is -1.12. The minimum Gasteiger partial charge on any atom is -0.478 e. The molecule has 0 aliphatic rings. The summed E-state index contributed by atoms with van der Waals surface area (Å²) >= 11 is 0. The van der Waals surface area contributed by atoms with E-state index in [9.17, 15) is 9.59 Å². The number of benzene rings is 3. The standard InChI is InChI=1S/C29H25N3O3/c1-18(29(34)35)14-28(33)32-25-11-5-2-8-19(25)15-22(23-16-30-26-12-6-3-9-20(23)26)24-17-31-27-13-7-4-10-21(24)27/h2-14,16-17,22,30-31H,15H2,1H3,(H,32,33)(H,34,35)/b18-14+. The van der Waals surface area contributed by atoms with Crippen LogP contribution in [0.2, 0.25) is 0 Å². The molecule has 1 amide bonds. The molecule has 0 fully saturated rings. The van der Waals surface area contributed by atoms with Crippen molar-refractivity contribution in [2.75, 3.05) is 5.32 Å². The van der Waals surface area contributed by atoms with Gasteiger partial charge in [0.15, 0.2) is 0 Å². The van der Waals surface area contributed by atoms with Crippen molar-refractivity contribution in [3.63, 3.8) is 0 Å². The highest BCUT2D eigenvalue weighted by Gasteiger charge is 2.23. The first kappa shape index (κ1) is 22.2. The molecule has 6 heteroatoms. The van der Waals surface area contributed by atoms with Crippen LogP contribution in [0.5, 0.6) is 0 Å². The number of carboxylic acids is 1. The third-order valence-electron chi connectivity index (χ3n) is 6.38. The van der Waals surface area contributed by atoms with E-state index in [-0.39, 0.29) is 11.5 Å². The molecule has 0 saturated heterocycles. The van der Waals surface area contributed by atoms with Crippen LogP contribution in [-0.2, 0) is 16.0 Å². The predicted octanol–water partition coefficient (Wildman–Crippen LogP) is 5.99. The molecule has 35 heavy (non-hydrogen) atoms. The number of fused-ring (bicyclic) bond motifs is 2. The Labute approximate surface area is 202 Å². The number of carbonyl (C=O) groups is 2. The molecule has 2 heterocycles. The number of para-hydroxylation sites is 3. The smallest absolute Gasteiger partial charge is 0.331 e. The summed E-state index contributed by atoms with van der Waals surface area (Å²) in [5, 5.41) is 14.3. The topological polar surface area (TPSA) is 98.0 Å². The molecule has 2 aromatic heterocycles. The molecule has 0 bridgehead atoms. The third-order valence-corrected chi connectivity index (χ3v) is 6.38. The first-order chi connectivity index (χ1) is 17.0. The fourth-order valence-corrected chi connectivity index (χ4v) is 4.62. The second-order valence-corrected chi connectivity index (χ2v) is 8.61. The number of nitrogens with one attached hydrogen (secondary N) is 3. The van der Waals surface area contributed by atoms with Crippen molar-refractivity contribution in [3.05, 3.63) is 114 Å². The molecule has 0 aliphatic heterocycles. The van der Waals surface area contributed by atoms with Crippen molar-refractivity contribution in [1.29, 1.82) is 0 Å². The lowest BCUT2D eigenvalue weighted by atomic mass is 9.85. The van der Waals surface area contributed by atoms with E-state index in [0.29, 0.717) is 12.1 Å². The zero-order valence-corrected chi connectivity index (χ0v) is 19.2. The number of aromatic amines is 2. The Bertz CT molecular complexity index is 1500. The van der Waals surface area contributed by atoms with Gasteiger partial charge in [-0.15, -0.1) is 0 Å². The lowest BCUT2D eigenvalue weighted by Gasteiger charge is -2.19. The van der Waals surface area contributed by atoms with Gasteiger partial charge in [-0.25, -0.2) is 4.79 Å². The lowest BCUT2D eigenvalue weighted by Crippen LogP contribution is -2.13. The molecule has 0 saturated carbocycles. The number of aromatic nitrogens is 2. The zero-order chi connectivity index (χ0) is 24.4. The Balaban J connectivity index is 1.58. The van der Waals surface area contributed by atoms with Gasteiger partial charge in [-0.2, -0.15) is 0 Å². The number of carboxylic acid groups (broad SMARTS) is 1. The van der Waals surface area contributed by atoms with Gasteiger partial charge in [-0.3, -0.25) is 4.79 Å². The molecule has 4 N–H and O–H groups in total. The van der Waals surface area contributed by atoms with Crippen molar-refractivity contribution in [3.8, 4) is 0 Å². The fraction of sp³-hybridized carbons (Fsp3) is 0.103. The van der Waals surface area contributed by atoms with Crippen molar-refractivity contribution in [2.24, 2.45) is 0 Å². The van der Waals surface area contributed by atoms with Gasteiger partial charge in [0.25, 0.3) is 0 Å². The number of H-pyrrole nitrogens is 2. The van der Waals surface area contributed by atoms with E-state index in [2.05, 4.69) is 51.9 Å². The summed E-state index contributed by atoms with van der Waals surface area (Å²) in [5.41, 5.74) is 6.10. The molecule has 5 aromatic rings. The number of hydrogen-bond acceptors (Lipinski definition) is 2. The van der Waals surface area contributed by atoms with Crippen molar-refractivity contribution in [2.45, 2.75) is 19.3 Å². The molecule has 5 rings (SSSR count). The SMILES string of the molecule is C/C(=C\C(=O)Nc1ccccc1CC(c1c[nH]c2ccccc12)c1c[nH]c2ccccc12)C(=O)O. The molecule has 0 radical (unpaired) electrons. The summed E-state index contributed by atoms with van der Waals surface area (Å²) in [7, 11) is 0. The second-order valence-electron chi connectivity index (χ2n) is 8.61. The Morgan fingerprint density at radius 1 is 0.857 bits per heavy atom. The molecule has 3 aromatic carbocycles. The highest BCUT2D eigenvalue weighted by molar-refractivity contribution is 6.04. The van der Waals surface area contributed by atoms with Crippen LogP contribution < -0.4 is 5.32 Å². The predicted molar refractivity (Wildman–Crippen MR) is 139 cm³/mol. The summed E-state index contributed by atoms with van der Waals surface area (Å²) in [6, 6.07) is 24.1. The van der Waals surface area contributed by atoms with E-state index in [1.807, 2.05) is 48.5 Å². The van der Waals surface area contributed by atoms with Crippen LogP contribution in [-0.4, -0.2) is 27.0 Å². The maximum atomic E-state index is 12.5. The van der Waals surface area contributed by atoms with Crippen LogP contribution in [0.1, 0.15) is 29.5 Å². The van der Waals surface area contributed by atoms with Crippen molar-refractivity contribution < 1.29 is 14.7 Å². The van der Waals surface area contributed by atoms with Gasteiger partial charge >= 0.3 is 5.97 Å². The largest absolute Gasteiger partial charge is 0.478 e. The number of rotatable bonds is 7. The van der Waals surface area contributed by atoms with E-state index < -0.39 is 11.9 Å². The number of amides is 1. The molecule has 0 atom stereocenters. The quantitative estimate of drug-likeness (QED) is 0.223. The first-order valence-electron chi connectivity index (χ1n) is 11.4. The molecule has 6 nitrogen and oxygen atoms in total. The van der Waals surface area contributed by atoms with Crippen molar-refractivity contribution >= 4 is 39.4 Å². The summed E-state index contributed by atoms with van der Waals surface area (Å²) in [4.78, 5) is 30.4. The molecule has 0 aliphatic carbocycles. The van der Waals surface area contributed by atoms with Gasteiger partial charge < -0.3 is 20.4 Å². The van der Waals surface area contributed by atoms with Crippen LogP contribution in [0.25, 0.3) is 21.8 Å². The Hall–Kier alpha value is -4.58. The van der Waals surface area contributed by atoms with Gasteiger partial charge in [0.05, 0.1) is 0 Å². The highest BCUT2D eigenvalue weighted by Crippen LogP contribution is 2.38. The average Bonchev–Trinajstić information content (AvgIpc) is 3.48. The van der Waals surface area contributed by atoms with Gasteiger partial charge in [0.1, 0.15) is 0 Å². The van der Waals surface area contributed by atoms with Crippen LogP contribution in [0, 0.1) is 0 Å². The third kappa shape index (κ3) is 4.46. The lowest BCUT2D eigenvalue weighted by molar-refractivity contribution is -0.132. The Kier molecular flexibility index (Phi) is 5.94. The number of anilines is 1. The first-order valence-corrected chi connectivity index (χ1v) is 11.4. The molecule has 174 valence electrons. The normalized spacial score (nSPS) is 11.9. The van der Waals surface area contributed by atoms with Gasteiger partial charge in [0, 0.05) is 57.5 Å². The van der Waals surface area contributed by atoms with E-state index in [1.165, 1.54) is 18.1 Å². The minimum absolute atomic E-state index is 0.0108. The van der Waals surface area contributed by atoms with Crippen LogP contribution >= 0.6 is 0 Å². The number of carbonyl (C=O) groups excluding carboxylic acids is 1. The maximum absolute atomic E-state index is 12.5. The van der Waals surface area contributed by atoms with E-state index in [1.54, 1.807) is 0 Å². The zero-order valence-electron chi connectivity index (χ0n) is 19.2. The van der Waals surface area contributed by atoms with Crippen LogP contribution in [0.4, 0.5) is 5.69 Å². The van der Waals surface area contributed by atoms with E-state index in [0.717, 1.165) is 33.4 Å². The number of aliphatic carboxylic acids is 1. The molecular weight excluding hydrogens is 438 g/mol. The summed E-state index contributed by atoms with van der Waals surface area (Å²) in [6.07, 6.45) is 5.88. The summed E-state index contributed by atoms with van der Waals surface area (Å²) < 4.78 is 0. The van der Waals surface area contributed by atoms with Gasteiger partial charge in [0.2, 0.25) is 5.91 Å². The summed E-state index contributed by atoms with van der Waals surface area (Å²) in [5.74, 6) is -1.57. The van der Waals surface area contributed by atoms with E-state index >= 15 is 0 Å². The van der Waals surface area contributed by atoms with Gasteiger partial charge in [-0.1, -0.05) is 54.6 Å². The Morgan fingerprint density at radius 2 is 1.40 bits per heavy atom. The molecule has 0 unspecified atom stereocenters.